The predicted molar refractivity (Wildman–Crippen MR) is 123 cm³/mol. The Balaban J connectivity index is 1.71. The standard InChI is InChI=1S/C23H22ClN5O2/c1-15-6-3-7-16(12-15)14-29-21(30)19-20(26(2)23(29)31)25-22-27(10-5-11-28(19)22)18-9-4-8-17(24)13-18/h3-4,6-9,12-13H,5,10-11,14H2,1-2H3. The van der Waals surface area contributed by atoms with Crippen molar-refractivity contribution < 1.29 is 0 Å². The Bertz CT molecular complexity index is 1430. The summed E-state index contributed by atoms with van der Waals surface area (Å²) in [6.45, 7) is 3.64. The van der Waals surface area contributed by atoms with Crippen LogP contribution in [0.15, 0.2) is 58.1 Å². The maximum Gasteiger partial charge on any atom is 0.332 e. The van der Waals surface area contributed by atoms with Gasteiger partial charge in [-0.15, -0.1) is 0 Å². The largest absolute Gasteiger partial charge is 0.332 e. The van der Waals surface area contributed by atoms with E-state index in [1.807, 2.05) is 64.9 Å². The molecule has 1 aliphatic rings. The molecule has 158 valence electrons. The van der Waals surface area contributed by atoms with Gasteiger partial charge in [0.25, 0.3) is 5.56 Å². The van der Waals surface area contributed by atoms with E-state index in [4.69, 9.17) is 16.6 Å². The van der Waals surface area contributed by atoms with E-state index in [0.717, 1.165) is 29.8 Å². The quantitative estimate of drug-likeness (QED) is 0.494. The summed E-state index contributed by atoms with van der Waals surface area (Å²) in [7, 11) is 1.67. The molecule has 7 nitrogen and oxygen atoms in total. The number of hydrogen-bond donors (Lipinski definition) is 0. The normalized spacial score (nSPS) is 13.6. The number of fused-ring (bicyclic) bond motifs is 3. The van der Waals surface area contributed by atoms with Gasteiger partial charge in [0.1, 0.15) is 0 Å². The van der Waals surface area contributed by atoms with Gasteiger partial charge in [0.05, 0.1) is 6.54 Å². The summed E-state index contributed by atoms with van der Waals surface area (Å²) in [5, 5.41) is 0.638. The van der Waals surface area contributed by atoms with Gasteiger partial charge in [-0.05, 0) is 37.1 Å². The Labute approximate surface area is 183 Å². The van der Waals surface area contributed by atoms with E-state index >= 15 is 0 Å². The molecule has 8 heteroatoms. The fourth-order valence-electron chi connectivity index (χ4n) is 4.29. The molecule has 2 aromatic carbocycles. The highest BCUT2D eigenvalue weighted by atomic mass is 35.5. The molecule has 31 heavy (non-hydrogen) atoms. The van der Waals surface area contributed by atoms with Crippen molar-refractivity contribution in [2.45, 2.75) is 26.4 Å². The number of rotatable bonds is 3. The monoisotopic (exact) mass is 435 g/mol. The summed E-state index contributed by atoms with van der Waals surface area (Å²) in [4.78, 5) is 33.3. The first-order valence-corrected chi connectivity index (χ1v) is 10.6. The summed E-state index contributed by atoms with van der Waals surface area (Å²) >= 11 is 6.20. The molecule has 0 unspecified atom stereocenters. The maximum absolute atomic E-state index is 13.5. The molecule has 0 amide bonds. The summed E-state index contributed by atoms with van der Waals surface area (Å²) in [5.41, 5.74) is 3.08. The fourth-order valence-corrected chi connectivity index (χ4v) is 4.47. The highest BCUT2D eigenvalue weighted by Gasteiger charge is 2.27. The van der Waals surface area contributed by atoms with Crippen LogP contribution in [0.2, 0.25) is 5.02 Å². The number of halogens is 1. The number of nitrogens with zero attached hydrogens (tertiary/aromatic N) is 5. The molecule has 2 aromatic heterocycles. The molecule has 0 fully saturated rings. The molecule has 4 aromatic rings. The van der Waals surface area contributed by atoms with E-state index in [0.29, 0.717) is 28.7 Å². The van der Waals surface area contributed by atoms with Crippen LogP contribution in [0.1, 0.15) is 17.5 Å². The second-order valence-electron chi connectivity index (χ2n) is 7.94. The molecular weight excluding hydrogens is 414 g/mol. The molecule has 5 rings (SSSR count). The van der Waals surface area contributed by atoms with Crippen molar-refractivity contribution in [3.05, 3.63) is 85.5 Å². The van der Waals surface area contributed by atoms with Crippen molar-refractivity contribution in [3.8, 4) is 0 Å². The Hall–Kier alpha value is -3.32. The van der Waals surface area contributed by atoms with E-state index in [1.54, 1.807) is 7.05 Å². The van der Waals surface area contributed by atoms with E-state index in [-0.39, 0.29) is 17.8 Å². The Kier molecular flexibility index (Phi) is 4.70. The topological polar surface area (TPSA) is 65.1 Å². The maximum atomic E-state index is 13.5. The summed E-state index contributed by atoms with van der Waals surface area (Å²) < 4.78 is 4.69. The van der Waals surface area contributed by atoms with Crippen LogP contribution >= 0.6 is 11.6 Å². The summed E-state index contributed by atoms with van der Waals surface area (Å²) in [6.07, 6.45) is 0.852. The van der Waals surface area contributed by atoms with Gasteiger partial charge >= 0.3 is 5.69 Å². The summed E-state index contributed by atoms with van der Waals surface area (Å²) in [5.74, 6) is 0.656. The van der Waals surface area contributed by atoms with Crippen LogP contribution in [-0.2, 0) is 20.1 Å². The lowest BCUT2D eigenvalue weighted by molar-refractivity contribution is 0.597. The van der Waals surface area contributed by atoms with E-state index in [1.165, 1.54) is 9.13 Å². The number of aromatic nitrogens is 4. The van der Waals surface area contributed by atoms with Crippen LogP contribution in [-0.4, -0.2) is 25.2 Å². The molecule has 0 spiro atoms. The van der Waals surface area contributed by atoms with Crippen molar-refractivity contribution in [2.75, 3.05) is 11.4 Å². The third kappa shape index (κ3) is 3.25. The van der Waals surface area contributed by atoms with Crippen LogP contribution in [0, 0.1) is 6.92 Å². The second-order valence-corrected chi connectivity index (χ2v) is 8.38. The fraction of sp³-hybridized carbons (Fsp3) is 0.261. The third-order valence-corrected chi connectivity index (χ3v) is 6.00. The zero-order valence-corrected chi connectivity index (χ0v) is 18.1. The Morgan fingerprint density at radius 2 is 1.87 bits per heavy atom. The molecule has 0 bridgehead atoms. The zero-order valence-electron chi connectivity index (χ0n) is 17.4. The SMILES string of the molecule is Cc1cccc(Cn2c(=O)c3c(nc4n3CCCN4c3cccc(Cl)c3)n(C)c2=O)c1. The predicted octanol–water partition coefficient (Wildman–Crippen LogP) is 3.45. The number of hydrogen-bond acceptors (Lipinski definition) is 4. The first-order chi connectivity index (χ1) is 14.9. The number of benzene rings is 2. The average Bonchev–Trinajstić information content (AvgIpc) is 3.15. The zero-order chi connectivity index (χ0) is 21.7. The highest BCUT2D eigenvalue weighted by molar-refractivity contribution is 6.30. The van der Waals surface area contributed by atoms with Crippen molar-refractivity contribution in [1.29, 1.82) is 0 Å². The Morgan fingerprint density at radius 3 is 2.65 bits per heavy atom. The molecule has 0 saturated carbocycles. The smallest absolute Gasteiger partial charge is 0.312 e. The van der Waals surface area contributed by atoms with E-state index in [9.17, 15) is 9.59 Å². The average molecular weight is 436 g/mol. The van der Waals surface area contributed by atoms with Gasteiger partial charge in [0.15, 0.2) is 11.2 Å². The van der Waals surface area contributed by atoms with Crippen LogP contribution in [0.5, 0.6) is 0 Å². The first kappa shape index (κ1) is 19.6. The molecule has 0 N–H and O–H groups in total. The van der Waals surface area contributed by atoms with Crippen LogP contribution in [0.3, 0.4) is 0 Å². The molecular formula is C23H22ClN5O2. The third-order valence-electron chi connectivity index (χ3n) is 5.76. The lowest BCUT2D eigenvalue weighted by atomic mass is 10.1. The van der Waals surface area contributed by atoms with Gasteiger partial charge in [0.2, 0.25) is 5.95 Å². The van der Waals surface area contributed by atoms with Crippen LogP contribution < -0.4 is 16.1 Å². The first-order valence-electron chi connectivity index (χ1n) is 10.2. The minimum absolute atomic E-state index is 0.224. The van der Waals surface area contributed by atoms with Gasteiger partial charge < -0.3 is 9.47 Å². The van der Waals surface area contributed by atoms with Crippen molar-refractivity contribution in [2.24, 2.45) is 7.05 Å². The number of anilines is 2. The van der Waals surface area contributed by atoms with Crippen molar-refractivity contribution in [1.82, 2.24) is 18.7 Å². The molecule has 0 aliphatic carbocycles. The van der Waals surface area contributed by atoms with Crippen molar-refractivity contribution >= 4 is 34.4 Å². The molecule has 1 aliphatic heterocycles. The number of aryl methyl sites for hydroxylation is 3. The highest BCUT2D eigenvalue weighted by Crippen LogP contribution is 2.32. The van der Waals surface area contributed by atoms with Gasteiger partial charge in [-0.2, -0.15) is 4.98 Å². The number of imidazole rings is 1. The minimum atomic E-state index is -0.372. The van der Waals surface area contributed by atoms with Gasteiger partial charge in [-0.3, -0.25) is 13.9 Å². The van der Waals surface area contributed by atoms with Gasteiger partial charge in [0, 0.05) is 30.8 Å². The molecule has 3 heterocycles. The molecule has 0 saturated heterocycles. The van der Waals surface area contributed by atoms with Gasteiger partial charge in [-0.25, -0.2) is 4.79 Å². The lowest BCUT2D eigenvalue weighted by Crippen LogP contribution is -2.40. The minimum Gasteiger partial charge on any atom is -0.312 e. The molecule has 0 radical (unpaired) electrons. The Morgan fingerprint density at radius 1 is 1.06 bits per heavy atom. The lowest BCUT2D eigenvalue weighted by Gasteiger charge is -2.29. The molecule has 0 atom stereocenters. The van der Waals surface area contributed by atoms with Crippen LogP contribution in [0.25, 0.3) is 11.2 Å². The summed E-state index contributed by atoms with van der Waals surface area (Å²) in [6, 6.07) is 15.4. The van der Waals surface area contributed by atoms with Gasteiger partial charge in [-0.1, -0.05) is 47.5 Å². The van der Waals surface area contributed by atoms with Crippen LogP contribution in [0.4, 0.5) is 11.6 Å². The van der Waals surface area contributed by atoms with E-state index in [2.05, 4.69) is 0 Å². The second kappa shape index (κ2) is 7.42. The van der Waals surface area contributed by atoms with E-state index < -0.39 is 0 Å². The van der Waals surface area contributed by atoms with Crippen molar-refractivity contribution in [3.63, 3.8) is 0 Å².